The molecule has 3 amide bonds. The monoisotopic (exact) mass is 471 g/mol. The van der Waals surface area contributed by atoms with Crippen molar-refractivity contribution in [3.63, 3.8) is 0 Å². The number of hydrogen-bond donors (Lipinski definition) is 5. The van der Waals surface area contributed by atoms with Crippen molar-refractivity contribution >= 4 is 35.6 Å². The Kier molecular flexibility index (Phi) is 12.9. The van der Waals surface area contributed by atoms with E-state index in [4.69, 9.17) is 0 Å². The SMILES string of the molecule is CCCC(NC(C)=O)C(=O)NCC(=O)NC(CC(C)C)B(O)O.Cc1cccc2ccccc12. The molecule has 0 fully saturated rings. The van der Waals surface area contributed by atoms with Crippen LogP contribution in [0.3, 0.4) is 0 Å². The molecule has 2 rings (SSSR count). The Bertz CT molecular complexity index is 930. The van der Waals surface area contributed by atoms with Crippen LogP contribution in [0, 0.1) is 12.8 Å². The largest absolute Gasteiger partial charge is 0.475 e. The number of aryl methyl sites for hydroxylation is 1. The molecule has 0 saturated heterocycles. The lowest BCUT2D eigenvalue weighted by Gasteiger charge is -2.20. The smallest absolute Gasteiger partial charge is 0.426 e. The molecule has 0 aromatic heterocycles. The molecule has 0 bridgehead atoms. The Morgan fingerprint density at radius 3 is 2.21 bits per heavy atom. The van der Waals surface area contributed by atoms with Crippen LogP contribution in [0.1, 0.15) is 52.5 Å². The van der Waals surface area contributed by atoms with Crippen molar-refractivity contribution < 1.29 is 24.4 Å². The van der Waals surface area contributed by atoms with Gasteiger partial charge in [0.15, 0.2) is 0 Å². The summed E-state index contributed by atoms with van der Waals surface area (Å²) in [6.07, 6.45) is 1.58. The predicted octanol–water partition coefficient (Wildman–Crippen LogP) is 2.10. The normalized spacial score (nSPS) is 12.2. The maximum absolute atomic E-state index is 12.0. The zero-order valence-corrected chi connectivity index (χ0v) is 20.8. The van der Waals surface area contributed by atoms with Crippen molar-refractivity contribution in [3.05, 3.63) is 48.0 Å². The van der Waals surface area contributed by atoms with Gasteiger partial charge < -0.3 is 26.0 Å². The first-order chi connectivity index (χ1) is 16.0. The number of benzene rings is 2. The van der Waals surface area contributed by atoms with Gasteiger partial charge in [-0.25, -0.2) is 0 Å². The molecule has 186 valence electrons. The summed E-state index contributed by atoms with van der Waals surface area (Å²) in [5.74, 6) is -1.90. The summed E-state index contributed by atoms with van der Waals surface area (Å²) in [6, 6.07) is 14.1. The van der Waals surface area contributed by atoms with Gasteiger partial charge in [-0.1, -0.05) is 69.7 Å². The van der Waals surface area contributed by atoms with E-state index in [9.17, 15) is 24.4 Å². The first-order valence-electron chi connectivity index (χ1n) is 11.7. The van der Waals surface area contributed by atoms with E-state index in [-0.39, 0.29) is 18.4 Å². The Balaban J connectivity index is 0.000000429. The van der Waals surface area contributed by atoms with Crippen LogP contribution in [0.2, 0.25) is 0 Å². The molecule has 0 aliphatic rings. The van der Waals surface area contributed by atoms with Crippen molar-refractivity contribution in [3.8, 4) is 0 Å². The molecular formula is C25H38BN3O5. The molecule has 0 spiro atoms. The second kappa shape index (κ2) is 15.1. The third-order valence-corrected chi connectivity index (χ3v) is 5.13. The van der Waals surface area contributed by atoms with Crippen LogP contribution < -0.4 is 16.0 Å². The van der Waals surface area contributed by atoms with E-state index in [1.54, 1.807) is 0 Å². The molecule has 2 unspecified atom stereocenters. The molecule has 0 saturated carbocycles. The number of nitrogens with one attached hydrogen (secondary N) is 3. The fraction of sp³-hybridized carbons (Fsp3) is 0.480. The lowest BCUT2D eigenvalue weighted by molar-refractivity contribution is -0.130. The van der Waals surface area contributed by atoms with Gasteiger partial charge in [0.25, 0.3) is 0 Å². The third kappa shape index (κ3) is 10.8. The van der Waals surface area contributed by atoms with Crippen molar-refractivity contribution in [2.24, 2.45) is 5.92 Å². The molecule has 0 radical (unpaired) electrons. The fourth-order valence-corrected chi connectivity index (χ4v) is 3.50. The average molecular weight is 471 g/mol. The third-order valence-electron chi connectivity index (χ3n) is 5.13. The molecule has 5 N–H and O–H groups in total. The summed E-state index contributed by atoms with van der Waals surface area (Å²) in [7, 11) is -1.66. The Morgan fingerprint density at radius 2 is 1.65 bits per heavy atom. The molecule has 2 aromatic rings. The van der Waals surface area contributed by atoms with Gasteiger partial charge in [-0.05, 0) is 42.0 Å². The number of carbonyl (C=O) groups is 3. The van der Waals surface area contributed by atoms with Crippen molar-refractivity contribution in [1.82, 2.24) is 16.0 Å². The molecule has 0 aliphatic heterocycles. The summed E-state index contributed by atoms with van der Waals surface area (Å²) in [4.78, 5) is 34.8. The number of hydrogen-bond acceptors (Lipinski definition) is 5. The van der Waals surface area contributed by atoms with Crippen molar-refractivity contribution in [1.29, 1.82) is 0 Å². The summed E-state index contributed by atoms with van der Waals surface area (Å²) in [5.41, 5.74) is 1.35. The fourth-order valence-electron chi connectivity index (χ4n) is 3.50. The average Bonchev–Trinajstić information content (AvgIpc) is 2.77. The first kappa shape index (κ1) is 29.1. The quantitative estimate of drug-likeness (QED) is 0.339. The van der Waals surface area contributed by atoms with Gasteiger partial charge in [0.2, 0.25) is 17.7 Å². The highest BCUT2D eigenvalue weighted by Gasteiger charge is 2.26. The highest BCUT2D eigenvalue weighted by atomic mass is 16.4. The maximum Gasteiger partial charge on any atom is 0.475 e. The summed E-state index contributed by atoms with van der Waals surface area (Å²) in [6.45, 7) is 8.84. The Hall–Kier alpha value is -2.91. The molecular weight excluding hydrogens is 433 g/mol. The molecule has 0 heterocycles. The lowest BCUT2D eigenvalue weighted by Crippen LogP contribution is -2.52. The van der Waals surface area contributed by atoms with E-state index in [0.29, 0.717) is 19.3 Å². The first-order valence-corrected chi connectivity index (χ1v) is 11.7. The minimum absolute atomic E-state index is 0.172. The van der Waals surface area contributed by atoms with Gasteiger partial charge in [-0.15, -0.1) is 0 Å². The van der Waals surface area contributed by atoms with Crippen LogP contribution in [0.15, 0.2) is 42.5 Å². The van der Waals surface area contributed by atoms with Gasteiger partial charge in [0.1, 0.15) is 6.04 Å². The standard InChI is InChI=1S/C14H28BN3O5.C11H10/c1-5-6-11(17-10(4)19)14(21)16-8-13(20)18-12(15(22)23)7-9(2)3;1-9-5-4-7-10-6-2-3-8-11(9)10/h9,11-12,22-23H,5-8H2,1-4H3,(H,16,21)(H,17,19)(H,18,20);2-8H,1H3. The van der Waals surface area contributed by atoms with E-state index < -0.39 is 30.9 Å². The van der Waals surface area contributed by atoms with E-state index in [1.807, 2.05) is 20.8 Å². The molecule has 2 atom stereocenters. The zero-order valence-electron chi connectivity index (χ0n) is 20.8. The number of carbonyl (C=O) groups excluding carboxylic acids is 3. The highest BCUT2D eigenvalue weighted by molar-refractivity contribution is 6.43. The summed E-state index contributed by atoms with van der Waals surface area (Å²) < 4.78 is 0. The highest BCUT2D eigenvalue weighted by Crippen LogP contribution is 2.16. The van der Waals surface area contributed by atoms with Gasteiger partial charge in [0, 0.05) is 6.92 Å². The Labute approximate surface area is 202 Å². The van der Waals surface area contributed by atoms with Crippen LogP contribution in [0.5, 0.6) is 0 Å². The van der Waals surface area contributed by atoms with Crippen LogP contribution in [-0.4, -0.2) is 53.4 Å². The topological polar surface area (TPSA) is 128 Å². The van der Waals surface area contributed by atoms with Crippen LogP contribution in [0.25, 0.3) is 10.8 Å². The molecule has 0 aliphatic carbocycles. The van der Waals surface area contributed by atoms with Gasteiger partial charge in [-0.2, -0.15) is 0 Å². The molecule has 2 aromatic carbocycles. The predicted molar refractivity (Wildman–Crippen MR) is 136 cm³/mol. The minimum atomic E-state index is -1.66. The summed E-state index contributed by atoms with van der Waals surface area (Å²) >= 11 is 0. The van der Waals surface area contributed by atoms with E-state index in [2.05, 4.69) is 65.3 Å². The van der Waals surface area contributed by atoms with E-state index in [1.165, 1.54) is 23.3 Å². The number of amides is 3. The van der Waals surface area contributed by atoms with Gasteiger partial charge in [-0.3, -0.25) is 14.4 Å². The van der Waals surface area contributed by atoms with Gasteiger partial charge in [0.05, 0.1) is 12.5 Å². The van der Waals surface area contributed by atoms with Crippen molar-refractivity contribution in [2.75, 3.05) is 6.54 Å². The number of rotatable bonds is 10. The van der Waals surface area contributed by atoms with Crippen LogP contribution in [-0.2, 0) is 14.4 Å². The minimum Gasteiger partial charge on any atom is -0.426 e. The van der Waals surface area contributed by atoms with Crippen LogP contribution in [0.4, 0.5) is 0 Å². The molecule has 8 nitrogen and oxygen atoms in total. The van der Waals surface area contributed by atoms with Crippen LogP contribution >= 0.6 is 0 Å². The van der Waals surface area contributed by atoms with E-state index >= 15 is 0 Å². The summed E-state index contributed by atoms with van der Waals surface area (Å²) in [5, 5.41) is 28.6. The van der Waals surface area contributed by atoms with Crippen molar-refractivity contribution in [2.45, 2.75) is 65.9 Å². The van der Waals surface area contributed by atoms with E-state index in [0.717, 1.165) is 0 Å². The zero-order chi connectivity index (χ0) is 25.7. The Morgan fingerprint density at radius 1 is 1.00 bits per heavy atom. The van der Waals surface area contributed by atoms with Gasteiger partial charge >= 0.3 is 7.12 Å². The number of fused-ring (bicyclic) bond motifs is 1. The molecule has 34 heavy (non-hydrogen) atoms. The maximum atomic E-state index is 12.0. The lowest BCUT2D eigenvalue weighted by atomic mass is 9.75. The molecule has 9 heteroatoms. The second-order valence-electron chi connectivity index (χ2n) is 8.77. The second-order valence-corrected chi connectivity index (χ2v) is 8.77.